The van der Waals surface area contributed by atoms with E-state index < -0.39 is 0 Å². The van der Waals surface area contributed by atoms with Crippen molar-refractivity contribution >= 4 is 34.6 Å². The lowest BCUT2D eigenvalue weighted by molar-refractivity contribution is 0.102. The molecule has 2 aromatic carbocycles. The van der Waals surface area contributed by atoms with Crippen molar-refractivity contribution in [2.24, 2.45) is 0 Å². The van der Waals surface area contributed by atoms with E-state index in [0.717, 1.165) is 16.9 Å². The minimum absolute atomic E-state index is 0.278. The third kappa shape index (κ3) is 4.18. The van der Waals surface area contributed by atoms with Crippen LogP contribution in [0.5, 0.6) is 0 Å². The molecule has 3 rings (SSSR count). The van der Waals surface area contributed by atoms with Crippen molar-refractivity contribution in [2.75, 3.05) is 10.6 Å². The summed E-state index contributed by atoms with van der Waals surface area (Å²) in [6, 6.07) is 17.9. The van der Waals surface area contributed by atoms with Crippen molar-refractivity contribution in [3.63, 3.8) is 0 Å². The fourth-order valence-corrected chi connectivity index (χ4v) is 2.47. The second kappa shape index (κ2) is 7.68. The van der Waals surface area contributed by atoms with Gasteiger partial charge in [-0.25, -0.2) is 0 Å². The van der Waals surface area contributed by atoms with Crippen LogP contribution in [0.3, 0.4) is 0 Å². The Morgan fingerprint density at radius 1 is 1.04 bits per heavy atom. The normalized spacial score (nSPS) is 10.0. The van der Waals surface area contributed by atoms with Gasteiger partial charge in [0.15, 0.2) is 0 Å². The van der Waals surface area contributed by atoms with E-state index in [-0.39, 0.29) is 11.6 Å². The molecule has 5 nitrogen and oxygen atoms in total. The molecule has 2 N–H and O–H groups in total. The molecule has 0 bridgehead atoms. The first-order chi connectivity index (χ1) is 12.5. The number of halogens is 1. The van der Waals surface area contributed by atoms with Crippen LogP contribution in [-0.2, 0) is 0 Å². The second-order valence-electron chi connectivity index (χ2n) is 5.66. The predicted octanol–water partition coefficient (Wildman–Crippen LogP) is 4.91. The minimum atomic E-state index is -0.326. The number of anilines is 3. The summed E-state index contributed by atoms with van der Waals surface area (Å²) in [6.07, 6.45) is 1.56. The first kappa shape index (κ1) is 17.5. The lowest BCUT2D eigenvalue weighted by Crippen LogP contribution is -2.13. The maximum absolute atomic E-state index is 12.4. The number of rotatable bonds is 4. The molecule has 0 aliphatic heterocycles. The molecule has 0 atom stereocenters. The number of carbonyl (C=O) groups is 1. The maximum Gasteiger partial charge on any atom is 0.274 e. The standard InChI is InChI=1S/C20H15ClN4O/c1-13-2-5-16(10-18(13)21)25-20(26)19-11-17(8-9-23-19)24-15-6-3-14(12-22)4-7-15/h2-11H,1H3,(H,23,24)(H,25,26). The number of nitrogens with one attached hydrogen (secondary N) is 2. The lowest BCUT2D eigenvalue weighted by atomic mass is 10.2. The van der Waals surface area contributed by atoms with E-state index >= 15 is 0 Å². The zero-order valence-electron chi connectivity index (χ0n) is 14.0. The number of aromatic nitrogens is 1. The molecule has 1 heterocycles. The van der Waals surface area contributed by atoms with Crippen LogP contribution in [0.1, 0.15) is 21.6 Å². The van der Waals surface area contributed by atoms with E-state index in [4.69, 9.17) is 16.9 Å². The van der Waals surface area contributed by atoms with E-state index in [2.05, 4.69) is 21.7 Å². The average Bonchev–Trinajstić information content (AvgIpc) is 2.65. The fraction of sp³-hybridized carbons (Fsp3) is 0.0500. The van der Waals surface area contributed by atoms with E-state index in [1.165, 1.54) is 0 Å². The minimum Gasteiger partial charge on any atom is -0.355 e. The molecule has 0 aliphatic rings. The lowest BCUT2D eigenvalue weighted by Gasteiger charge is -2.09. The molecule has 0 saturated carbocycles. The Morgan fingerprint density at radius 2 is 1.77 bits per heavy atom. The summed E-state index contributed by atoms with van der Waals surface area (Å²) in [5, 5.41) is 15.4. The van der Waals surface area contributed by atoms with E-state index in [9.17, 15) is 4.79 Å². The smallest absolute Gasteiger partial charge is 0.274 e. The van der Waals surface area contributed by atoms with Crippen LogP contribution in [0.25, 0.3) is 0 Å². The van der Waals surface area contributed by atoms with Crippen LogP contribution in [0.4, 0.5) is 17.1 Å². The van der Waals surface area contributed by atoms with Crippen LogP contribution in [0.2, 0.25) is 5.02 Å². The highest BCUT2D eigenvalue weighted by Crippen LogP contribution is 2.21. The van der Waals surface area contributed by atoms with Gasteiger partial charge in [-0.1, -0.05) is 17.7 Å². The zero-order chi connectivity index (χ0) is 18.5. The van der Waals surface area contributed by atoms with Gasteiger partial charge in [-0.05, 0) is 61.0 Å². The van der Waals surface area contributed by atoms with Gasteiger partial charge in [0.2, 0.25) is 0 Å². The number of nitrogens with zero attached hydrogens (tertiary/aromatic N) is 2. The Bertz CT molecular complexity index is 993. The number of carbonyl (C=O) groups excluding carboxylic acids is 1. The summed E-state index contributed by atoms with van der Waals surface area (Å²) in [5.41, 5.74) is 3.94. The van der Waals surface area contributed by atoms with Crippen LogP contribution >= 0.6 is 11.6 Å². The zero-order valence-corrected chi connectivity index (χ0v) is 14.7. The van der Waals surface area contributed by atoms with E-state index in [0.29, 0.717) is 16.3 Å². The van der Waals surface area contributed by atoms with Crippen molar-refractivity contribution in [1.29, 1.82) is 5.26 Å². The molecule has 6 heteroatoms. The number of hydrogen-bond acceptors (Lipinski definition) is 4. The van der Waals surface area contributed by atoms with Crippen molar-refractivity contribution in [3.8, 4) is 6.07 Å². The topological polar surface area (TPSA) is 77.8 Å². The summed E-state index contributed by atoms with van der Waals surface area (Å²) in [5.74, 6) is -0.326. The second-order valence-corrected chi connectivity index (χ2v) is 6.07. The van der Waals surface area contributed by atoms with Gasteiger partial charge < -0.3 is 10.6 Å². The molecule has 3 aromatic rings. The Morgan fingerprint density at radius 3 is 2.46 bits per heavy atom. The number of amides is 1. The van der Waals surface area contributed by atoms with Gasteiger partial charge in [-0.15, -0.1) is 0 Å². The molecule has 0 unspecified atom stereocenters. The van der Waals surface area contributed by atoms with E-state index in [1.54, 1.807) is 54.7 Å². The van der Waals surface area contributed by atoms with Gasteiger partial charge in [0.05, 0.1) is 11.6 Å². The Hall–Kier alpha value is -3.36. The van der Waals surface area contributed by atoms with Crippen molar-refractivity contribution in [3.05, 3.63) is 82.6 Å². The molecule has 0 fully saturated rings. The molecule has 1 aromatic heterocycles. The highest BCUT2D eigenvalue weighted by Gasteiger charge is 2.09. The molecule has 0 saturated heterocycles. The van der Waals surface area contributed by atoms with Gasteiger partial charge in [-0.3, -0.25) is 9.78 Å². The van der Waals surface area contributed by atoms with Gasteiger partial charge in [0.25, 0.3) is 5.91 Å². The SMILES string of the molecule is Cc1ccc(NC(=O)c2cc(Nc3ccc(C#N)cc3)ccn2)cc1Cl. The van der Waals surface area contributed by atoms with Crippen LogP contribution < -0.4 is 10.6 Å². The molecular weight excluding hydrogens is 348 g/mol. The maximum atomic E-state index is 12.4. The number of pyridine rings is 1. The molecule has 0 radical (unpaired) electrons. The third-order valence-electron chi connectivity index (χ3n) is 3.72. The predicted molar refractivity (Wildman–Crippen MR) is 103 cm³/mol. The van der Waals surface area contributed by atoms with E-state index in [1.807, 2.05) is 13.0 Å². The Balaban J connectivity index is 1.74. The molecular formula is C20H15ClN4O. The average molecular weight is 363 g/mol. The highest BCUT2D eigenvalue weighted by atomic mass is 35.5. The largest absolute Gasteiger partial charge is 0.355 e. The number of benzene rings is 2. The summed E-state index contributed by atoms with van der Waals surface area (Å²) in [4.78, 5) is 16.5. The third-order valence-corrected chi connectivity index (χ3v) is 4.13. The van der Waals surface area contributed by atoms with Crippen LogP contribution in [0, 0.1) is 18.3 Å². The molecule has 0 spiro atoms. The van der Waals surface area contributed by atoms with Crippen molar-refractivity contribution in [1.82, 2.24) is 4.98 Å². The Kier molecular flexibility index (Phi) is 5.16. The highest BCUT2D eigenvalue weighted by molar-refractivity contribution is 6.31. The number of aryl methyl sites for hydroxylation is 1. The first-order valence-electron chi connectivity index (χ1n) is 7.86. The molecule has 0 aliphatic carbocycles. The van der Waals surface area contributed by atoms with Crippen LogP contribution in [-0.4, -0.2) is 10.9 Å². The van der Waals surface area contributed by atoms with Crippen molar-refractivity contribution in [2.45, 2.75) is 6.92 Å². The van der Waals surface area contributed by atoms with Gasteiger partial charge in [-0.2, -0.15) is 5.26 Å². The monoisotopic (exact) mass is 362 g/mol. The van der Waals surface area contributed by atoms with Gasteiger partial charge in [0, 0.05) is 28.3 Å². The number of nitriles is 1. The number of hydrogen-bond donors (Lipinski definition) is 2. The summed E-state index contributed by atoms with van der Waals surface area (Å²) in [6.45, 7) is 1.90. The summed E-state index contributed by atoms with van der Waals surface area (Å²) < 4.78 is 0. The quantitative estimate of drug-likeness (QED) is 0.691. The van der Waals surface area contributed by atoms with Crippen molar-refractivity contribution < 1.29 is 4.79 Å². The first-order valence-corrected chi connectivity index (χ1v) is 8.24. The molecule has 128 valence electrons. The van der Waals surface area contributed by atoms with Crippen LogP contribution in [0.15, 0.2) is 60.8 Å². The Labute approximate surface area is 156 Å². The van der Waals surface area contributed by atoms with Gasteiger partial charge >= 0.3 is 0 Å². The molecule has 1 amide bonds. The summed E-state index contributed by atoms with van der Waals surface area (Å²) >= 11 is 6.08. The fourth-order valence-electron chi connectivity index (χ4n) is 2.29. The molecule has 26 heavy (non-hydrogen) atoms. The van der Waals surface area contributed by atoms with Gasteiger partial charge in [0.1, 0.15) is 5.69 Å². The summed E-state index contributed by atoms with van der Waals surface area (Å²) in [7, 11) is 0.